The smallest absolute Gasteiger partial charge is 0.354 e. The first-order chi connectivity index (χ1) is 9.63. The zero-order valence-electron chi connectivity index (χ0n) is 10.6. The van der Waals surface area contributed by atoms with Gasteiger partial charge in [0.05, 0.1) is 6.61 Å². The van der Waals surface area contributed by atoms with Gasteiger partial charge in [-0.3, -0.25) is 4.57 Å². The maximum atomic E-state index is 11.8. The Kier molecular flexibility index (Phi) is 3.40. The van der Waals surface area contributed by atoms with Crippen molar-refractivity contribution in [2.24, 2.45) is 0 Å². The van der Waals surface area contributed by atoms with Crippen molar-refractivity contribution in [3.05, 3.63) is 16.8 Å². The van der Waals surface area contributed by atoms with Crippen LogP contribution in [0.1, 0.15) is 6.23 Å². The number of aromatic nitrogens is 3. The highest BCUT2D eigenvalue weighted by atomic mass is 16.9. The summed E-state index contributed by atoms with van der Waals surface area (Å²) in [7, 11) is 1.42. The molecule has 1 aromatic heterocycles. The molecule has 10 heteroatoms. The Balaban J connectivity index is 1.92. The van der Waals surface area contributed by atoms with Crippen molar-refractivity contribution in [1.29, 1.82) is 0 Å². The van der Waals surface area contributed by atoms with Crippen LogP contribution in [-0.2, 0) is 18.9 Å². The molecule has 0 aliphatic carbocycles. The minimum atomic E-state index is -0.865. The SMILES string of the molecule is COC1OC2C(CO)OC(n3cnc(N)nc3=O)C2O1. The van der Waals surface area contributed by atoms with Gasteiger partial charge in [0, 0.05) is 7.11 Å². The van der Waals surface area contributed by atoms with Gasteiger partial charge in [0.2, 0.25) is 5.95 Å². The van der Waals surface area contributed by atoms with Crippen molar-refractivity contribution in [3.63, 3.8) is 0 Å². The van der Waals surface area contributed by atoms with E-state index in [1.165, 1.54) is 13.4 Å². The summed E-state index contributed by atoms with van der Waals surface area (Å²) in [5.41, 5.74) is 4.72. The predicted molar refractivity (Wildman–Crippen MR) is 62.2 cm³/mol. The van der Waals surface area contributed by atoms with Gasteiger partial charge in [-0.2, -0.15) is 4.98 Å². The van der Waals surface area contributed by atoms with Crippen LogP contribution in [0.2, 0.25) is 0 Å². The Bertz CT molecular complexity index is 551. The molecule has 3 heterocycles. The molecular weight excluding hydrogens is 272 g/mol. The number of fused-ring (bicyclic) bond motifs is 1. The van der Waals surface area contributed by atoms with E-state index in [-0.39, 0.29) is 12.6 Å². The number of rotatable bonds is 3. The minimum Gasteiger partial charge on any atom is -0.394 e. The number of anilines is 1. The summed E-state index contributed by atoms with van der Waals surface area (Å²) in [5, 5.41) is 9.31. The fraction of sp³-hybridized carbons (Fsp3) is 0.700. The number of methoxy groups -OCH3 is 1. The van der Waals surface area contributed by atoms with E-state index in [1.807, 2.05) is 0 Å². The van der Waals surface area contributed by atoms with Crippen LogP contribution >= 0.6 is 0 Å². The van der Waals surface area contributed by atoms with E-state index in [0.29, 0.717) is 0 Å². The highest BCUT2D eigenvalue weighted by Gasteiger charge is 2.53. The Morgan fingerprint density at radius 2 is 2.20 bits per heavy atom. The first-order valence-electron chi connectivity index (χ1n) is 5.94. The molecule has 1 aromatic rings. The lowest BCUT2D eigenvalue weighted by Crippen LogP contribution is -2.35. The minimum absolute atomic E-state index is 0.127. The second-order valence-electron chi connectivity index (χ2n) is 4.38. The zero-order valence-corrected chi connectivity index (χ0v) is 10.6. The van der Waals surface area contributed by atoms with Crippen LogP contribution in [0.3, 0.4) is 0 Å². The number of hydrogen-bond donors (Lipinski definition) is 2. The van der Waals surface area contributed by atoms with Gasteiger partial charge >= 0.3 is 5.69 Å². The summed E-state index contributed by atoms with van der Waals surface area (Å²) in [4.78, 5) is 19.1. The van der Waals surface area contributed by atoms with Crippen molar-refractivity contribution in [1.82, 2.24) is 14.5 Å². The van der Waals surface area contributed by atoms with Crippen molar-refractivity contribution >= 4 is 5.95 Å². The summed E-state index contributed by atoms with van der Waals surface area (Å²) < 4.78 is 22.6. The lowest BCUT2D eigenvalue weighted by Gasteiger charge is -2.19. The molecule has 0 spiro atoms. The molecule has 2 fully saturated rings. The molecule has 2 aliphatic heterocycles. The maximum absolute atomic E-state index is 11.8. The quantitative estimate of drug-likeness (QED) is 0.636. The predicted octanol–water partition coefficient (Wildman–Crippen LogP) is -2.18. The number of aliphatic hydroxyl groups is 1. The van der Waals surface area contributed by atoms with E-state index in [9.17, 15) is 9.90 Å². The third-order valence-corrected chi connectivity index (χ3v) is 3.21. The number of nitrogens with zero attached hydrogens (tertiary/aromatic N) is 3. The first kappa shape index (κ1) is 13.4. The molecule has 2 aliphatic rings. The van der Waals surface area contributed by atoms with Crippen molar-refractivity contribution in [2.45, 2.75) is 31.0 Å². The van der Waals surface area contributed by atoms with Crippen LogP contribution < -0.4 is 11.4 Å². The monoisotopic (exact) mass is 286 g/mol. The molecule has 10 nitrogen and oxygen atoms in total. The summed E-state index contributed by atoms with van der Waals surface area (Å²) in [5.74, 6) is -0.127. The molecule has 20 heavy (non-hydrogen) atoms. The second kappa shape index (κ2) is 5.07. The fourth-order valence-electron chi connectivity index (χ4n) is 2.32. The van der Waals surface area contributed by atoms with E-state index < -0.39 is 36.7 Å². The number of nitrogen functional groups attached to an aromatic ring is 1. The van der Waals surface area contributed by atoms with E-state index in [4.69, 9.17) is 24.7 Å². The molecule has 5 unspecified atom stereocenters. The summed E-state index contributed by atoms with van der Waals surface area (Å²) in [6.45, 7) is -1.14. The molecular formula is C10H14N4O6. The molecule has 5 atom stereocenters. The second-order valence-corrected chi connectivity index (χ2v) is 4.38. The van der Waals surface area contributed by atoms with Crippen molar-refractivity contribution in [2.75, 3.05) is 19.5 Å². The number of ether oxygens (including phenoxy) is 4. The average Bonchev–Trinajstić information content (AvgIpc) is 2.97. The van der Waals surface area contributed by atoms with Gasteiger partial charge in [-0.25, -0.2) is 9.78 Å². The highest BCUT2D eigenvalue weighted by molar-refractivity contribution is 5.10. The molecule has 3 rings (SSSR count). The fourth-order valence-corrected chi connectivity index (χ4v) is 2.32. The first-order valence-corrected chi connectivity index (χ1v) is 5.94. The van der Waals surface area contributed by atoms with Gasteiger partial charge in [0.1, 0.15) is 24.6 Å². The van der Waals surface area contributed by atoms with Crippen LogP contribution in [0.4, 0.5) is 5.95 Å². The maximum Gasteiger partial charge on any atom is 0.354 e. The van der Waals surface area contributed by atoms with Crippen LogP contribution in [0, 0.1) is 0 Å². The van der Waals surface area contributed by atoms with E-state index in [0.717, 1.165) is 4.57 Å². The van der Waals surface area contributed by atoms with E-state index in [1.54, 1.807) is 0 Å². The van der Waals surface area contributed by atoms with Gasteiger partial charge in [0.15, 0.2) is 6.23 Å². The van der Waals surface area contributed by atoms with Gasteiger partial charge < -0.3 is 29.8 Å². The molecule has 110 valence electrons. The Morgan fingerprint density at radius 1 is 1.45 bits per heavy atom. The largest absolute Gasteiger partial charge is 0.394 e. The zero-order chi connectivity index (χ0) is 14.3. The number of aliphatic hydroxyl groups excluding tert-OH is 1. The van der Waals surface area contributed by atoms with Gasteiger partial charge in [-0.05, 0) is 0 Å². The Morgan fingerprint density at radius 3 is 2.85 bits per heavy atom. The third-order valence-electron chi connectivity index (χ3n) is 3.21. The van der Waals surface area contributed by atoms with Crippen LogP contribution in [-0.4, -0.2) is 58.1 Å². The average molecular weight is 286 g/mol. The van der Waals surface area contributed by atoms with Gasteiger partial charge in [0.25, 0.3) is 6.48 Å². The Hall–Kier alpha value is -1.59. The van der Waals surface area contributed by atoms with Crippen molar-refractivity contribution in [3.8, 4) is 0 Å². The molecule has 3 N–H and O–H groups in total. The van der Waals surface area contributed by atoms with Crippen LogP contribution in [0.5, 0.6) is 0 Å². The molecule has 0 amide bonds. The standard InChI is InChI=1S/C10H14N4O6/c1-17-10-19-5-4(2-15)18-7(6(5)20-10)14-3-12-8(11)13-9(14)16/h3-7,10,15H,2H2,1H3,(H2,11,13,16). The summed E-state index contributed by atoms with van der Waals surface area (Å²) in [6, 6.07) is 0. The van der Waals surface area contributed by atoms with E-state index in [2.05, 4.69) is 9.97 Å². The van der Waals surface area contributed by atoms with Crippen molar-refractivity contribution < 1.29 is 24.1 Å². The summed E-state index contributed by atoms with van der Waals surface area (Å²) >= 11 is 0. The number of nitrogens with two attached hydrogens (primary N) is 1. The molecule has 0 radical (unpaired) electrons. The van der Waals surface area contributed by atoms with Crippen LogP contribution in [0.25, 0.3) is 0 Å². The molecule has 0 saturated carbocycles. The topological polar surface area (TPSA) is 131 Å². The third kappa shape index (κ3) is 2.07. The lowest BCUT2D eigenvalue weighted by molar-refractivity contribution is -0.257. The molecule has 2 saturated heterocycles. The number of hydrogen-bond acceptors (Lipinski definition) is 9. The molecule has 0 bridgehead atoms. The Labute approximate surface area is 113 Å². The van der Waals surface area contributed by atoms with Gasteiger partial charge in [-0.15, -0.1) is 0 Å². The van der Waals surface area contributed by atoms with Crippen LogP contribution in [0.15, 0.2) is 11.1 Å². The van der Waals surface area contributed by atoms with Gasteiger partial charge in [-0.1, -0.05) is 0 Å². The van der Waals surface area contributed by atoms with E-state index >= 15 is 0 Å². The summed E-state index contributed by atoms with van der Waals surface area (Å²) in [6.07, 6.45) is -1.38. The molecule has 0 aromatic carbocycles. The normalized spacial score (nSPS) is 36.2. The highest BCUT2D eigenvalue weighted by Crippen LogP contribution is 2.38. The lowest BCUT2D eigenvalue weighted by atomic mass is 10.1.